The van der Waals surface area contributed by atoms with Crippen LogP contribution in [0.3, 0.4) is 0 Å². The van der Waals surface area contributed by atoms with Crippen LogP contribution in [0.2, 0.25) is 5.15 Å². The van der Waals surface area contributed by atoms with E-state index in [9.17, 15) is 4.79 Å². The molecule has 7 heteroatoms. The zero-order valence-corrected chi connectivity index (χ0v) is 13.0. The van der Waals surface area contributed by atoms with E-state index in [0.717, 1.165) is 5.69 Å². The van der Waals surface area contributed by atoms with E-state index in [1.807, 2.05) is 29.9 Å². The molecule has 1 N–H and O–H groups in total. The Kier molecular flexibility index (Phi) is 4.31. The maximum Gasteiger partial charge on any atom is 0.322 e. The molecule has 116 valence electrons. The highest BCUT2D eigenvalue weighted by atomic mass is 35.5. The first-order valence-electron chi connectivity index (χ1n) is 7.04. The molecule has 1 saturated heterocycles. The van der Waals surface area contributed by atoms with Gasteiger partial charge in [0.05, 0.1) is 24.9 Å². The minimum absolute atomic E-state index is 0.121. The second kappa shape index (κ2) is 6.37. The minimum atomic E-state index is -0.204. The number of aromatic nitrogens is 2. The fourth-order valence-electron chi connectivity index (χ4n) is 2.58. The van der Waals surface area contributed by atoms with E-state index >= 15 is 0 Å². The summed E-state index contributed by atoms with van der Waals surface area (Å²) < 4.78 is 7.54. The third-order valence-corrected chi connectivity index (χ3v) is 4.02. The van der Waals surface area contributed by atoms with Gasteiger partial charge in [-0.15, -0.1) is 0 Å². The van der Waals surface area contributed by atoms with Gasteiger partial charge in [0.1, 0.15) is 0 Å². The number of carbonyl (C=O) groups is 1. The van der Waals surface area contributed by atoms with Crippen LogP contribution in [0.4, 0.5) is 10.5 Å². The van der Waals surface area contributed by atoms with Crippen LogP contribution >= 0.6 is 11.6 Å². The van der Waals surface area contributed by atoms with E-state index in [4.69, 9.17) is 16.3 Å². The first-order valence-corrected chi connectivity index (χ1v) is 7.41. The van der Waals surface area contributed by atoms with E-state index in [2.05, 4.69) is 10.3 Å². The van der Waals surface area contributed by atoms with Gasteiger partial charge in [-0.2, -0.15) is 0 Å². The number of urea groups is 1. The number of aryl methyl sites for hydroxylation is 1. The zero-order valence-electron chi connectivity index (χ0n) is 12.2. The van der Waals surface area contributed by atoms with Gasteiger partial charge in [0, 0.05) is 31.7 Å². The molecule has 2 aromatic rings. The number of rotatable bonds is 2. The van der Waals surface area contributed by atoms with Crippen molar-refractivity contribution in [3.8, 4) is 0 Å². The van der Waals surface area contributed by atoms with Gasteiger partial charge in [0.2, 0.25) is 0 Å². The lowest BCUT2D eigenvalue weighted by atomic mass is 10.1. The SMILES string of the molecule is Cn1cccc1C1COCCN1C(=O)Nc1cccnc1Cl. The van der Waals surface area contributed by atoms with Crippen LogP contribution in [0.5, 0.6) is 0 Å². The number of carbonyl (C=O) groups excluding carboxylic acids is 1. The van der Waals surface area contributed by atoms with Crippen molar-refractivity contribution < 1.29 is 9.53 Å². The second-order valence-corrected chi connectivity index (χ2v) is 5.46. The number of halogens is 1. The van der Waals surface area contributed by atoms with Crippen LogP contribution in [-0.4, -0.2) is 40.2 Å². The molecule has 0 bridgehead atoms. The van der Waals surface area contributed by atoms with Gasteiger partial charge in [-0.3, -0.25) is 0 Å². The fraction of sp³-hybridized carbons (Fsp3) is 0.333. The van der Waals surface area contributed by atoms with E-state index in [1.54, 1.807) is 23.2 Å². The van der Waals surface area contributed by atoms with E-state index in [0.29, 0.717) is 25.4 Å². The Balaban J connectivity index is 1.80. The lowest BCUT2D eigenvalue weighted by molar-refractivity contribution is 0.0124. The summed E-state index contributed by atoms with van der Waals surface area (Å²) >= 11 is 6.00. The van der Waals surface area contributed by atoms with Crippen molar-refractivity contribution in [3.63, 3.8) is 0 Å². The van der Waals surface area contributed by atoms with Crippen LogP contribution in [0, 0.1) is 0 Å². The average molecular weight is 321 g/mol. The molecular formula is C15H17ClN4O2. The van der Waals surface area contributed by atoms with Crippen molar-refractivity contribution in [1.29, 1.82) is 0 Å². The van der Waals surface area contributed by atoms with E-state index in [-0.39, 0.29) is 17.2 Å². The van der Waals surface area contributed by atoms with Crippen LogP contribution in [0.1, 0.15) is 11.7 Å². The monoisotopic (exact) mass is 320 g/mol. The molecule has 2 aromatic heterocycles. The molecule has 3 rings (SSSR count). The normalized spacial score (nSPS) is 18.3. The number of ether oxygens (including phenoxy) is 1. The number of morpholine rings is 1. The van der Waals surface area contributed by atoms with Gasteiger partial charge >= 0.3 is 6.03 Å². The van der Waals surface area contributed by atoms with Gasteiger partial charge < -0.3 is 19.5 Å². The molecule has 22 heavy (non-hydrogen) atoms. The Morgan fingerprint density at radius 1 is 1.45 bits per heavy atom. The summed E-state index contributed by atoms with van der Waals surface area (Å²) in [5.41, 5.74) is 1.54. The Morgan fingerprint density at radius 2 is 2.32 bits per heavy atom. The van der Waals surface area contributed by atoms with Crippen molar-refractivity contribution in [2.75, 3.05) is 25.1 Å². The number of nitrogens with one attached hydrogen (secondary N) is 1. The molecule has 2 amide bonds. The third kappa shape index (κ3) is 2.93. The summed E-state index contributed by atoms with van der Waals surface area (Å²) in [7, 11) is 1.96. The van der Waals surface area contributed by atoms with Gasteiger partial charge in [-0.25, -0.2) is 9.78 Å². The number of hydrogen-bond donors (Lipinski definition) is 1. The van der Waals surface area contributed by atoms with E-state index in [1.165, 1.54) is 0 Å². The molecule has 1 aliphatic heterocycles. The Morgan fingerprint density at radius 3 is 3.05 bits per heavy atom. The molecule has 1 aliphatic rings. The highest BCUT2D eigenvalue weighted by Gasteiger charge is 2.30. The summed E-state index contributed by atoms with van der Waals surface area (Å²) in [5, 5.41) is 3.10. The van der Waals surface area contributed by atoms with Crippen molar-refractivity contribution in [3.05, 3.63) is 47.5 Å². The largest absolute Gasteiger partial charge is 0.377 e. The smallest absolute Gasteiger partial charge is 0.322 e. The molecule has 1 unspecified atom stereocenters. The quantitative estimate of drug-likeness (QED) is 0.865. The minimum Gasteiger partial charge on any atom is -0.377 e. The predicted molar refractivity (Wildman–Crippen MR) is 83.9 cm³/mol. The standard InChI is InChI=1S/C15H17ClN4O2/c1-19-7-3-5-12(19)13-10-22-9-8-20(13)15(21)18-11-4-2-6-17-14(11)16/h2-7,13H,8-10H2,1H3,(H,18,21). The maximum absolute atomic E-state index is 12.6. The lowest BCUT2D eigenvalue weighted by Crippen LogP contribution is -2.46. The molecule has 0 radical (unpaired) electrons. The summed E-state index contributed by atoms with van der Waals surface area (Å²) in [6.07, 6.45) is 3.54. The summed E-state index contributed by atoms with van der Waals surface area (Å²) in [6, 6.07) is 7.09. The van der Waals surface area contributed by atoms with Gasteiger partial charge in [-0.05, 0) is 24.3 Å². The van der Waals surface area contributed by atoms with Crippen molar-refractivity contribution >= 4 is 23.3 Å². The van der Waals surface area contributed by atoms with Crippen LogP contribution < -0.4 is 5.32 Å². The molecule has 6 nitrogen and oxygen atoms in total. The summed E-state index contributed by atoms with van der Waals surface area (Å²) in [5.74, 6) is 0. The molecular weight excluding hydrogens is 304 g/mol. The summed E-state index contributed by atoms with van der Waals surface area (Å²) in [4.78, 5) is 18.3. The van der Waals surface area contributed by atoms with Gasteiger partial charge in [-0.1, -0.05) is 11.6 Å². The number of amides is 2. The van der Waals surface area contributed by atoms with Gasteiger partial charge in [0.25, 0.3) is 0 Å². The first-order chi connectivity index (χ1) is 10.7. The van der Waals surface area contributed by atoms with Crippen molar-refractivity contribution in [1.82, 2.24) is 14.5 Å². The molecule has 0 spiro atoms. The molecule has 3 heterocycles. The number of anilines is 1. The zero-order chi connectivity index (χ0) is 15.5. The Hall–Kier alpha value is -2.05. The summed E-state index contributed by atoms with van der Waals surface area (Å²) in [6.45, 7) is 1.53. The highest BCUT2D eigenvalue weighted by Crippen LogP contribution is 2.26. The molecule has 0 saturated carbocycles. The van der Waals surface area contributed by atoms with Crippen LogP contribution in [-0.2, 0) is 11.8 Å². The predicted octanol–water partition coefficient (Wildman–Crippen LogP) is 2.68. The van der Waals surface area contributed by atoms with Crippen molar-refractivity contribution in [2.45, 2.75) is 6.04 Å². The van der Waals surface area contributed by atoms with Crippen LogP contribution in [0.15, 0.2) is 36.7 Å². The molecule has 0 aliphatic carbocycles. The molecule has 1 atom stereocenters. The van der Waals surface area contributed by atoms with Crippen LogP contribution in [0.25, 0.3) is 0 Å². The number of pyridine rings is 1. The second-order valence-electron chi connectivity index (χ2n) is 5.10. The highest BCUT2D eigenvalue weighted by molar-refractivity contribution is 6.32. The maximum atomic E-state index is 12.6. The fourth-order valence-corrected chi connectivity index (χ4v) is 2.75. The number of nitrogens with zero attached hydrogens (tertiary/aromatic N) is 3. The van der Waals surface area contributed by atoms with Crippen molar-refractivity contribution in [2.24, 2.45) is 7.05 Å². The first kappa shape index (κ1) is 14.9. The lowest BCUT2D eigenvalue weighted by Gasteiger charge is -2.35. The third-order valence-electron chi connectivity index (χ3n) is 3.72. The van der Waals surface area contributed by atoms with E-state index < -0.39 is 0 Å². The van der Waals surface area contributed by atoms with Gasteiger partial charge in [0.15, 0.2) is 5.15 Å². The number of hydrogen-bond acceptors (Lipinski definition) is 3. The molecule has 1 fully saturated rings. The average Bonchev–Trinajstić information content (AvgIpc) is 2.95. The Bertz CT molecular complexity index is 673. The topological polar surface area (TPSA) is 59.4 Å². The Labute approximate surface area is 133 Å². The molecule has 0 aromatic carbocycles.